The van der Waals surface area contributed by atoms with Crippen LogP contribution in [0.15, 0.2) is 18.2 Å². The normalized spacial score (nSPS) is 18.9. The summed E-state index contributed by atoms with van der Waals surface area (Å²) in [4.78, 5) is 4.59. The van der Waals surface area contributed by atoms with Crippen molar-refractivity contribution in [2.24, 2.45) is 0 Å². The van der Waals surface area contributed by atoms with E-state index in [1.807, 2.05) is 6.92 Å². The van der Waals surface area contributed by atoms with Crippen molar-refractivity contribution in [1.29, 1.82) is 5.26 Å². The summed E-state index contributed by atoms with van der Waals surface area (Å²) in [6, 6.07) is 8.63. The second-order valence-electron chi connectivity index (χ2n) is 7.61. The second-order valence-corrected chi connectivity index (χ2v) is 7.97. The molecule has 5 rings (SSSR count). The van der Waals surface area contributed by atoms with Crippen LogP contribution < -0.4 is 5.32 Å². The molecule has 1 saturated carbocycles. The third-order valence-corrected chi connectivity index (χ3v) is 6.11. The van der Waals surface area contributed by atoms with Crippen LogP contribution in [0, 0.1) is 18.3 Å². The Hall–Kier alpha value is -2.58. The van der Waals surface area contributed by atoms with Crippen LogP contribution in [0.25, 0.3) is 10.9 Å². The molecule has 0 unspecified atom stereocenters. The van der Waals surface area contributed by atoms with Crippen LogP contribution in [0.1, 0.15) is 65.7 Å². The van der Waals surface area contributed by atoms with E-state index in [1.165, 1.54) is 29.5 Å². The van der Waals surface area contributed by atoms with Crippen LogP contribution >= 0.6 is 11.6 Å². The topological polar surface area (TPSA) is 77.4 Å². The van der Waals surface area contributed by atoms with Crippen LogP contribution in [-0.2, 0) is 6.42 Å². The highest BCUT2D eigenvalue weighted by Crippen LogP contribution is 2.43. The highest BCUT2D eigenvalue weighted by Gasteiger charge is 2.28. The van der Waals surface area contributed by atoms with Crippen molar-refractivity contribution in [2.75, 3.05) is 5.32 Å². The lowest BCUT2D eigenvalue weighted by atomic mass is 9.87. The zero-order chi connectivity index (χ0) is 18.5. The molecule has 2 N–H and O–H groups in total. The molecule has 3 aromatic rings. The molecule has 0 amide bonds. The summed E-state index contributed by atoms with van der Waals surface area (Å²) >= 11 is 6.29. The van der Waals surface area contributed by atoms with Crippen molar-refractivity contribution < 1.29 is 0 Å². The molecule has 6 heteroatoms. The molecule has 2 heterocycles. The molecule has 1 atom stereocenters. The molecule has 0 bridgehead atoms. The van der Waals surface area contributed by atoms with E-state index in [-0.39, 0.29) is 6.04 Å². The third kappa shape index (κ3) is 2.76. The number of halogens is 1. The van der Waals surface area contributed by atoms with Crippen molar-refractivity contribution in [1.82, 2.24) is 15.2 Å². The molecule has 2 aromatic heterocycles. The van der Waals surface area contributed by atoms with Gasteiger partial charge in [-0.25, -0.2) is 4.98 Å². The van der Waals surface area contributed by atoms with Gasteiger partial charge in [0.1, 0.15) is 11.2 Å². The lowest BCUT2D eigenvalue weighted by Gasteiger charge is -2.28. The number of aromatic nitrogens is 3. The Bertz CT molecular complexity index is 1090. The molecule has 1 aromatic carbocycles. The number of benzene rings is 1. The number of nitriles is 1. The maximum absolute atomic E-state index is 9.36. The first-order valence-electron chi connectivity index (χ1n) is 9.49. The number of nitrogens with zero attached hydrogens (tertiary/aromatic N) is 3. The fraction of sp³-hybridized carbons (Fsp3) is 0.381. The molecule has 136 valence electrons. The molecule has 2 aliphatic carbocycles. The zero-order valence-corrected chi connectivity index (χ0v) is 15.9. The average molecular weight is 378 g/mol. The Kier molecular flexibility index (Phi) is 3.84. The van der Waals surface area contributed by atoms with Crippen molar-refractivity contribution in [3.05, 3.63) is 51.4 Å². The first-order chi connectivity index (χ1) is 13.2. The summed E-state index contributed by atoms with van der Waals surface area (Å²) in [5.41, 5.74) is 6.98. The first-order valence-corrected chi connectivity index (χ1v) is 9.87. The van der Waals surface area contributed by atoms with Gasteiger partial charge < -0.3 is 5.32 Å². The minimum absolute atomic E-state index is 0.103. The Morgan fingerprint density at radius 1 is 1.30 bits per heavy atom. The average Bonchev–Trinajstić information content (AvgIpc) is 3.42. The van der Waals surface area contributed by atoms with Gasteiger partial charge in [-0.2, -0.15) is 10.4 Å². The van der Waals surface area contributed by atoms with E-state index in [0.29, 0.717) is 16.6 Å². The number of hydrogen-bond acceptors (Lipinski definition) is 4. The molecule has 1 fully saturated rings. The van der Waals surface area contributed by atoms with E-state index in [4.69, 9.17) is 11.6 Å². The van der Waals surface area contributed by atoms with Crippen molar-refractivity contribution in [3.63, 3.8) is 0 Å². The van der Waals surface area contributed by atoms with Gasteiger partial charge in [0.2, 0.25) is 0 Å². The van der Waals surface area contributed by atoms with Gasteiger partial charge in [0, 0.05) is 22.7 Å². The van der Waals surface area contributed by atoms with E-state index in [2.05, 4.69) is 44.8 Å². The lowest BCUT2D eigenvalue weighted by molar-refractivity contribution is 0.581. The molecule has 2 aliphatic rings. The molecule has 27 heavy (non-hydrogen) atoms. The molecular weight excluding hydrogens is 358 g/mol. The zero-order valence-electron chi connectivity index (χ0n) is 15.1. The van der Waals surface area contributed by atoms with Gasteiger partial charge in [0.05, 0.1) is 22.8 Å². The number of hydrogen-bond donors (Lipinski definition) is 2. The van der Waals surface area contributed by atoms with Gasteiger partial charge in [-0.3, -0.25) is 5.10 Å². The number of nitrogens with one attached hydrogen (secondary N) is 2. The van der Waals surface area contributed by atoms with Gasteiger partial charge in [-0.05, 0) is 68.4 Å². The van der Waals surface area contributed by atoms with Crippen molar-refractivity contribution in [2.45, 2.75) is 51.0 Å². The van der Waals surface area contributed by atoms with Crippen LogP contribution in [0.4, 0.5) is 5.69 Å². The van der Waals surface area contributed by atoms with Gasteiger partial charge in [-0.1, -0.05) is 11.6 Å². The largest absolute Gasteiger partial charge is 0.377 e. The number of fused-ring (bicyclic) bond motifs is 2. The standard InChI is InChI=1S/C21H20ClN5/c1-11-14-3-2-4-18(20(14)25-21(22)16(11)10-23)24-13-7-8-17-15(9-13)19(27-26-17)12-5-6-12/h7-9,12,18,24H,2-6H2,1H3,(H,26,27)/t18-/m1/s1. The molecule has 0 spiro atoms. The molecule has 0 aliphatic heterocycles. The van der Waals surface area contributed by atoms with E-state index in [9.17, 15) is 5.26 Å². The van der Waals surface area contributed by atoms with Crippen LogP contribution in [0.3, 0.4) is 0 Å². The second kappa shape index (κ2) is 6.24. The van der Waals surface area contributed by atoms with E-state index in [0.717, 1.165) is 41.7 Å². The fourth-order valence-electron chi connectivity index (χ4n) is 4.22. The number of aromatic amines is 1. The van der Waals surface area contributed by atoms with Gasteiger partial charge in [-0.15, -0.1) is 0 Å². The van der Waals surface area contributed by atoms with E-state index in [1.54, 1.807) is 0 Å². The fourth-order valence-corrected chi connectivity index (χ4v) is 4.50. The van der Waals surface area contributed by atoms with Crippen molar-refractivity contribution >= 4 is 28.2 Å². The molecule has 0 radical (unpaired) electrons. The lowest BCUT2D eigenvalue weighted by Crippen LogP contribution is -2.20. The third-order valence-electron chi connectivity index (χ3n) is 5.83. The smallest absolute Gasteiger partial charge is 0.147 e. The number of anilines is 1. The van der Waals surface area contributed by atoms with Gasteiger partial charge >= 0.3 is 0 Å². The molecular formula is C21H20ClN5. The predicted molar refractivity (Wildman–Crippen MR) is 106 cm³/mol. The Morgan fingerprint density at radius 2 is 2.15 bits per heavy atom. The van der Waals surface area contributed by atoms with Crippen LogP contribution in [0.2, 0.25) is 5.15 Å². The Balaban J connectivity index is 1.51. The minimum Gasteiger partial charge on any atom is -0.377 e. The minimum atomic E-state index is 0.103. The highest BCUT2D eigenvalue weighted by atomic mass is 35.5. The summed E-state index contributed by atoms with van der Waals surface area (Å²) in [6.45, 7) is 1.98. The first kappa shape index (κ1) is 16.6. The predicted octanol–water partition coefficient (Wildman–Crippen LogP) is 5.16. The summed E-state index contributed by atoms with van der Waals surface area (Å²) in [5.74, 6) is 0.633. The molecule has 5 nitrogen and oxygen atoms in total. The SMILES string of the molecule is Cc1c(C#N)c(Cl)nc2c1CCC[C@H]2Nc1ccc2n[nH]c(C3CC3)c2c1. The van der Waals surface area contributed by atoms with E-state index >= 15 is 0 Å². The van der Waals surface area contributed by atoms with Gasteiger partial charge in [0.25, 0.3) is 0 Å². The number of pyridine rings is 1. The number of H-pyrrole nitrogens is 1. The maximum Gasteiger partial charge on any atom is 0.147 e. The molecule has 0 saturated heterocycles. The van der Waals surface area contributed by atoms with E-state index < -0.39 is 0 Å². The summed E-state index contributed by atoms with van der Waals surface area (Å²) in [5, 5.41) is 22.2. The monoisotopic (exact) mass is 377 g/mol. The maximum atomic E-state index is 9.36. The van der Waals surface area contributed by atoms with Crippen molar-refractivity contribution in [3.8, 4) is 6.07 Å². The Morgan fingerprint density at radius 3 is 2.93 bits per heavy atom. The van der Waals surface area contributed by atoms with Crippen LogP contribution in [0.5, 0.6) is 0 Å². The summed E-state index contributed by atoms with van der Waals surface area (Å²) in [6.07, 6.45) is 5.51. The van der Waals surface area contributed by atoms with Gasteiger partial charge in [0.15, 0.2) is 0 Å². The summed E-state index contributed by atoms with van der Waals surface area (Å²) in [7, 11) is 0. The van der Waals surface area contributed by atoms with Crippen LogP contribution in [-0.4, -0.2) is 15.2 Å². The number of rotatable bonds is 3. The summed E-state index contributed by atoms with van der Waals surface area (Å²) < 4.78 is 0. The Labute approximate surface area is 162 Å². The highest BCUT2D eigenvalue weighted by molar-refractivity contribution is 6.30. The quantitative estimate of drug-likeness (QED) is 0.618.